The van der Waals surface area contributed by atoms with Crippen molar-refractivity contribution in [1.29, 1.82) is 0 Å². The average molecular weight is 165 g/mol. The minimum atomic E-state index is -0.256. The molecular formula is C8H11N3O. The predicted molar refractivity (Wildman–Crippen MR) is 47.1 cm³/mol. The molecule has 2 amide bonds. The van der Waals surface area contributed by atoms with Gasteiger partial charge in [-0.2, -0.15) is 0 Å². The first kappa shape index (κ1) is 8.52. The third kappa shape index (κ3) is 2.23. The number of urea groups is 1. The van der Waals surface area contributed by atoms with Crippen molar-refractivity contribution < 1.29 is 4.79 Å². The van der Waals surface area contributed by atoms with Gasteiger partial charge in [-0.3, -0.25) is 5.32 Å². The van der Waals surface area contributed by atoms with Crippen molar-refractivity contribution in [2.45, 2.75) is 6.92 Å². The number of rotatable bonds is 1. The molecule has 0 aliphatic rings. The van der Waals surface area contributed by atoms with E-state index in [0.717, 1.165) is 5.56 Å². The summed E-state index contributed by atoms with van der Waals surface area (Å²) in [5.41, 5.74) is 1.07. The van der Waals surface area contributed by atoms with Crippen molar-refractivity contribution in [2.24, 2.45) is 0 Å². The lowest BCUT2D eigenvalue weighted by Gasteiger charge is -2.02. The molecule has 64 valence electrons. The van der Waals surface area contributed by atoms with E-state index in [1.807, 2.05) is 13.0 Å². The first-order valence-corrected chi connectivity index (χ1v) is 3.64. The zero-order valence-electron chi connectivity index (χ0n) is 7.09. The first-order valence-electron chi connectivity index (χ1n) is 3.64. The molecule has 2 N–H and O–H groups in total. The van der Waals surface area contributed by atoms with Gasteiger partial charge in [0.1, 0.15) is 5.82 Å². The molecule has 0 aliphatic heterocycles. The maximum absolute atomic E-state index is 10.8. The summed E-state index contributed by atoms with van der Waals surface area (Å²) in [5.74, 6) is 0.564. The Morgan fingerprint density at radius 1 is 1.58 bits per heavy atom. The van der Waals surface area contributed by atoms with Crippen molar-refractivity contribution >= 4 is 11.8 Å². The molecule has 0 aromatic carbocycles. The smallest absolute Gasteiger partial charge is 0.320 e. The predicted octanol–water partition coefficient (Wildman–Crippen LogP) is 1.14. The van der Waals surface area contributed by atoms with Gasteiger partial charge in [-0.05, 0) is 24.6 Å². The van der Waals surface area contributed by atoms with E-state index >= 15 is 0 Å². The first-order chi connectivity index (χ1) is 5.72. The molecule has 1 heterocycles. The van der Waals surface area contributed by atoms with Crippen molar-refractivity contribution in [3.05, 3.63) is 23.9 Å². The Morgan fingerprint density at radius 3 is 2.92 bits per heavy atom. The fourth-order valence-electron chi connectivity index (χ4n) is 0.783. The summed E-state index contributed by atoms with van der Waals surface area (Å²) in [5, 5.41) is 5.01. The highest BCUT2D eigenvalue weighted by molar-refractivity contribution is 5.87. The molecule has 0 atom stereocenters. The van der Waals surface area contributed by atoms with Crippen LogP contribution in [0, 0.1) is 6.92 Å². The molecule has 0 saturated carbocycles. The van der Waals surface area contributed by atoms with Crippen LogP contribution >= 0.6 is 0 Å². The molecule has 12 heavy (non-hydrogen) atoms. The monoisotopic (exact) mass is 165 g/mol. The van der Waals surface area contributed by atoms with Gasteiger partial charge >= 0.3 is 6.03 Å². The van der Waals surface area contributed by atoms with E-state index in [1.54, 1.807) is 19.3 Å². The lowest BCUT2D eigenvalue weighted by molar-refractivity contribution is 0.254. The largest absolute Gasteiger partial charge is 0.341 e. The SMILES string of the molecule is CNC(=O)Nc1cc(C)ccn1. The van der Waals surface area contributed by atoms with E-state index in [2.05, 4.69) is 15.6 Å². The lowest BCUT2D eigenvalue weighted by Crippen LogP contribution is -2.24. The summed E-state index contributed by atoms with van der Waals surface area (Å²) < 4.78 is 0. The van der Waals surface area contributed by atoms with Crippen LogP contribution in [0.1, 0.15) is 5.56 Å². The van der Waals surface area contributed by atoms with E-state index in [4.69, 9.17) is 0 Å². The quantitative estimate of drug-likeness (QED) is 0.655. The fraction of sp³-hybridized carbons (Fsp3) is 0.250. The Hall–Kier alpha value is -1.58. The third-order valence-electron chi connectivity index (χ3n) is 1.38. The van der Waals surface area contributed by atoms with Crippen molar-refractivity contribution in [2.75, 3.05) is 12.4 Å². The van der Waals surface area contributed by atoms with Gasteiger partial charge in [-0.1, -0.05) is 0 Å². The molecule has 4 nitrogen and oxygen atoms in total. The maximum Gasteiger partial charge on any atom is 0.320 e. The van der Waals surface area contributed by atoms with Crippen LogP contribution in [0.25, 0.3) is 0 Å². The van der Waals surface area contributed by atoms with Crippen LogP contribution in [-0.4, -0.2) is 18.1 Å². The molecule has 0 radical (unpaired) electrons. The number of carbonyl (C=O) groups is 1. The second kappa shape index (κ2) is 3.71. The van der Waals surface area contributed by atoms with Crippen LogP contribution in [0.2, 0.25) is 0 Å². The minimum absolute atomic E-state index is 0.256. The van der Waals surface area contributed by atoms with Gasteiger partial charge in [0, 0.05) is 13.2 Å². The molecule has 0 fully saturated rings. The highest BCUT2D eigenvalue weighted by atomic mass is 16.2. The molecule has 0 bridgehead atoms. The second-order valence-corrected chi connectivity index (χ2v) is 2.42. The van der Waals surface area contributed by atoms with Crippen molar-refractivity contribution in [3.8, 4) is 0 Å². The summed E-state index contributed by atoms with van der Waals surface area (Å²) >= 11 is 0. The average Bonchev–Trinajstić information content (AvgIpc) is 2.04. The Kier molecular flexibility index (Phi) is 2.63. The molecule has 4 heteroatoms. The third-order valence-corrected chi connectivity index (χ3v) is 1.38. The molecule has 1 aromatic heterocycles. The summed E-state index contributed by atoms with van der Waals surface area (Å²) in [6.45, 7) is 1.94. The van der Waals surface area contributed by atoms with Crippen molar-refractivity contribution in [3.63, 3.8) is 0 Å². The van der Waals surface area contributed by atoms with Gasteiger partial charge in [0.25, 0.3) is 0 Å². The number of nitrogens with one attached hydrogen (secondary N) is 2. The second-order valence-electron chi connectivity index (χ2n) is 2.42. The maximum atomic E-state index is 10.8. The Balaban J connectivity index is 2.69. The summed E-state index contributed by atoms with van der Waals surface area (Å²) in [7, 11) is 1.56. The van der Waals surface area contributed by atoms with Crippen molar-refractivity contribution in [1.82, 2.24) is 10.3 Å². The molecule has 0 aliphatic carbocycles. The molecule has 0 spiro atoms. The topological polar surface area (TPSA) is 54.0 Å². The number of hydrogen-bond donors (Lipinski definition) is 2. The van der Waals surface area contributed by atoms with Crippen LogP contribution in [0.15, 0.2) is 18.3 Å². The summed E-state index contributed by atoms with van der Waals surface area (Å²) in [6.07, 6.45) is 1.65. The number of aromatic nitrogens is 1. The van der Waals surface area contributed by atoms with Gasteiger partial charge < -0.3 is 5.32 Å². The van der Waals surface area contributed by atoms with Crippen LogP contribution in [0.4, 0.5) is 10.6 Å². The number of pyridine rings is 1. The van der Waals surface area contributed by atoms with E-state index in [0.29, 0.717) is 5.82 Å². The number of carbonyl (C=O) groups excluding carboxylic acids is 1. The standard InChI is InChI=1S/C8H11N3O/c1-6-3-4-10-7(5-6)11-8(12)9-2/h3-5H,1-2H3,(H2,9,10,11,12). The summed E-state index contributed by atoms with van der Waals surface area (Å²) in [6, 6.07) is 3.41. The van der Waals surface area contributed by atoms with Crippen LogP contribution in [0.5, 0.6) is 0 Å². The summed E-state index contributed by atoms with van der Waals surface area (Å²) in [4.78, 5) is 14.8. The normalized spacial score (nSPS) is 9.17. The van der Waals surface area contributed by atoms with E-state index in [-0.39, 0.29) is 6.03 Å². The zero-order valence-corrected chi connectivity index (χ0v) is 7.09. The van der Waals surface area contributed by atoms with Crippen LogP contribution < -0.4 is 10.6 Å². The van der Waals surface area contributed by atoms with Gasteiger partial charge in [-0.15, -0.1) is 0 Å². The van der Waals surface area contributed by atoms with Gasteiger partial charge in [0.15, 0.2) is 0 Å². The fourth-order valence-corrected chi connectivity index (χ4v) is 0.783. The van der Waals surface area contributed by atoms with Gasteiger partial charge in [0.05, 0.1) is 0 Å². The number of amides is 2. The Labute approximate surface area is 71.0 Å². The van der Waals surface area contributed by atoms with Crippen LogP contribution in [-0.2, 0) is 0 Å². The molecule has 1 rings (SSSR count). The minimum Gasteiger partial charge on any atom is -0.341 e. The molecule has 0 saturated heterocycles. The Bertz CT molecular complexity index is 285. The number of aryl methyl sites for hydroxylation is 1. The zero-order chi connectivity index (χ0) is 8.97. The van der Waals surface area contributed by atoms with Gasteiger partial charge in [-0.25, -0.2) is 9.78 Å². The van der Waals surface area contributed by atoms with Crippen LogP contribution in [0.3, 0.4) is 0 Å². The molecule has 0 unspecified atom stereocenters. The number of nitrogens with zero attached hydrogens (tertiary/aromatic N) is 1. The Morgan fingerprint density at radius 2 is 2.33 bits per heavy atom. The highest BCUT2D eigenvalue weighted by Gasteiger charge is 1.97. The molecule has 1 aromatic rings. The van der Waals surface area contributed by atoms with Gasteiger partial charge in [0.2, 0.25) is 0 Å². The van der Waals surface area contributed by atoms with E-state index in [9.17, 15) is 4.79 Å². The number of hydrogen-bond acceptors (Lipinski definition) is 2. The van der Waals surface area contributed by atoms with E-state index < -0.39 is 0 Å². The van der Waals surface area contributed by atoms with E-state index in [1.165, 1.54) is 0 Å². The lowest BCUT2D eigenvalue weighted by atomic mass is 10.3. The molecular weight excluding hydrogens is 154 g/mol. The highest BCUT2D eigenvalue weighted by Crippen LogP contribution is 2.04. The number of anilines is 1.